The summed E-state index contributed by atoms with van der Waals surface area (Å²) >= 11 is 1.35. The van der Waals surface area contributed by atoms with E-state index in [4.69, 9.17) is 5.11 Å². The van der Waals surface area contributed by atoms with Gasteiger partial charge in [0.1, 0.15) is 11.0 Å². The van der Waals surface area contributed by atoms with Crippen molar-refractivity contribution in [3.8, 4) is 0 Å². The van der Waals surface area contributed by atoms with Crippen molar-refractivity contribution in [1.82, 2.24) is 5.32 Å². The van der Waals surface area contributed by atoms with E-state index in [1.807, 2.05) is 0 Å². The minimum absolute atomic E-state index is 0.274. The maximum absolute atomic E-state index is 12.5. The smallest absolute Gasteiger partial charge is 0.326 e. The number of anilines is 1. The maximum atomic E-state index is 12.5. The van der Waals surface area contributed by atoms with Gasteiger partial charge in [0, 0.05) is 11.3 Å². The van der Waals surface area contributed by atoms with Crippen LogP contribution in [-0.4, -0.2) is 34.5 Å². The molecule has 0 bridgehead atoms. The molecule has 0 radical (unpaired) electrons. The number of amides is 2. The summed E-state index contributed by atoms with van der Waals surface area (Å²) in [4.78, 5) is 35.5. The molecule has 7 nitrogen and oxygen atoms in total. The van der Waals surface area contributed by atoms with Crippen molar-refractivity contribution in [3.63, 3.8) is 0 Å². The van der Waals surface area contributed by atoms with Gasteiger partial charge in [-0.05, 0) is 31.2 Å². The van der Waals surface area contributed by atoms with Crippen molar-refractivity contribution in [1.29, 1.82) is 0 Å². The predicted molar refractivity (Wildman–Crippen MR) is 85.9 cm³/mol. The molecule has 0 saturated carbocycles. The Kier molecular flexibility index (Phi) is 5.38. The zero-order valence-electron chi connectivity index (χ0n) is 12.4. The van der Waals surface area contributed by atoms with Gasteiger partial charge in [0.2, 0.25) is 6.41 Å². The third-order valence-corrected chi connectivity index (χ3v) is 4.85. The molecule has 124 valence electrons. The molecule has 2 amide bonds. The van der Waals surface area contributed by atoms with E-state index < -0.39 is 17.9 Å². The molecular weight excluding hydrogens is 320 g/mol. The molecule has 1 atom stereocenters. The molecule has 8 heteroatoms. The van der Waals surface area contributed by atoms with Crippen LogP contribution in [0.25, 0.3) is 0 Å². The van der Waals surface area contributed by atoms with E-state index in [2.05, 4.69) is 17.2 Å². The average molecular weight is 338 g/mol. The lowest BCUT2D eigenvalue weighted by Gasteiger charge is -2.16. The molecule has 0 unspecified atom stereocenters. The number of rotatable bonds is 7. The van der Waals surface area contributed by atoms with Crippen LogP contribution in [0.2, 0.25) is 0 Å². The summed E-state index contributed by atoms with van der Waals surface area (Å²) in [5.74, 6) is -2.15. The predicted octanol–water partition coefficient (Wildman–Crippen LogP) is 1.84. The first-order valence-electron chi connectivity index (χ1n) is 7.19. The number of carboxylic acid groups (broad SMARTS) is 1. The van der Waals surface area contributed by atoms with Gasteiger partial charge in [-0.3, -0.25) is 9.59 Å². The zero-order chi connectivity index (χ0) is 17.0. The second-order valence-electron chi connectivity index (χ2n) is 5.31. The summed E-state index contributed by atoms with van der Waals surface area (Å²) in [7, 11) is 0. The summed E-state index contributed by atoms with van der Waals surface area (Å²) < 4.78 is 0. The molecule has 0 aliphatic heterocycles. The van der Waals surface area contributed by atoms with Crippen LogP contribution < -0.4 is 10.6 Å². The number of thiophene rings is 1. The first-order chi connectivity index (χ1) is 10.9. The van der Waals surface area contributed by atoms with Crippen LogP contribution in [0, 0.1) is 0 Å². The molecule has 4 N–H and O–H groups in total. The number of aliphatic hydroxyl groups excluding tert-OH is 1. The number of carboxylic acids is 1. The Hall–Kier alpha value is -2.35. The number of hydrogen-bond acceptors (Lipinski definition) is 5. The van der Waals surface area contributed by atoms with Gasteiger partial charge in [-0.25, -0.2) is 4.79 Å². The summed E-state index contributed by atoms with van der Waals surface area (Å²) in [6, 6.07) is -1.27. The quantitative estimate of drug-likeness (QED) is 0.447. The number of carbonyl (C=O) groups is 3. The number of aliphatic carboxylic acids is 1. The van der Waals surface area contributed by atoms with E-state index in [-0.39, 0.29) is 12.2 Å². The third kappa shape index (κ3) is 3.89. The number of hydrogen-bond donors (Lipinski definition) is 4. The van der Waals surface area contributed by atoms with Gasteiger partial charge >= 0.3 is 5.97 Å². The van der Waals surface area contributed by atoms with Crippen LogP contribution >= 0.6 is 11.3 Å². The molecule has 0 fully saturated rings. The number of fused-ring (bicyclic) bond motifs is 1. The van der Waals surface area contributed by atoms with E-state index in [0.717, 1.165) is 36.1 Å². The van der Waals surface area contributed by atoms with Gasteiger partial charge in [0.05, 0.1) is 11.3 Å². The lowest BCUT2D eigenvalue weighted by Crippen LogP contribution is -2.41. The topological polar surface area (TPSA) is 116 Å². The molecular formula is C15H18N2O5S. The molecule has 0 aromatic carbocycles. The molecule has 1 aromatic rings. The Bertz CT molecular complexity index is 653. The molecule has 2 rings (SSSR count). The van der Waals surface area contributed by atoms with E-state index in [1.165, 1.54) is 11.3 Å². The molecule has 0 spiro atoms. The molecule has 1 aliphatic rings. The van der Waals surface area contributed by atoms with Crippen LogP contribution in [0.1, 0.15) is 40.1 Å². The normalized spacial score (nSPS) is 14.4. The fourth-order valence-electron chi connectivity index (χ4n) is 2.63. The Balaban J connectivity index is 2.30. The van der Waals surface area contributed by atoms with E-state index in [9.17, 15) is 19.5 Å². The van der Waals surface area contributed by atoms with Crippen molar-refractivity contribution in [3.05, 3.63) is 28.3 Å². The third-order valence-electron chi connectivity index (χ3n) is 3.63. The standard InChI is InChI=1S/C15H18N2O5S/c1-8(19)6-10(15(21)22)17-13(20)12-9-4-2-3-5-11(9)23-14(12)16-7-18/h7,10,19H,1-6H2,(H,16,18)(H,17,20)(H,21,22)/t10-/m0/s1. The van der Waals surface area contributed by atoms with Crippen molar-refractivity contribution in [2.24, 2.45) is 0 Å². The molecule has 0 saturated heterocycles. The summed E-state index contributed by atoms with van der Waals surface area (Å²) in [5, 5.41) is 23.7. The van der Waals surface area contributed by atoms with Crippen LogP contribution in [0.15, 0.2) is 12.3 Å². The monoisotopic (exact) mass is 338 g/mol. The minimum atomic E-state index is -1.27. The highest BCUT2D eigenvalue weighted by atomic mass is 32.1. The zero-order valence-corrected chi connectivity index (χ0v) is 13.2. The van der Waals surface area contributed by atoms with E-state index >= 15 is 0 Å². The highest BCUT2D eigenvalue weighted by Crippen LogP contribution is 2.37. The Labute approximate surface area is 137 Å². The largest absolute Gasteiger partial charge is 0.513 e. The van der Waals surface area contributed by atoms with Gasteiger partial charge in [0.15, 0.2) is 0 Å². The SMILES string of the molecule is C=C(O)C[C@H](NC(=O)c1c(NC=O)sc2c1CCCC2)C(=O)O. The highest BCUT2D eigenvalue weighted by molar-refractivity contribution is 7.16. The van der Waals surface area contributed by atoms with Gasteiger partial charge in [-0.2, -0.15) is 0 Å². The first kappa shape index (κ1) is 17.0. The van der Waals surface area contributed by atoms with Gasteiger partial charge in [0.25, 0.3) is 5.91 Å². The second kappa shape index (κ2) is 7.28. The molecule has 1 aromatic heterocycles. The highest BCUT2D eigenvalue weighted by Gasteiger charge is 2.28. The summed E-state index contributed by atoms with van der Waals surface area (Å²) in [6.07, 6.45) is 3.76. The summed E-state index contributed by atoms with van der Waals surface area (Å²) in [5.41, 5.74) is 1.20. The Morgan fingerprint density at radius 2 is 2.00 bits per heavy atom. The maximum Gasteiger partial charge on any atom is 0.326 e. The lowest BCUT2D eigenvalue weighted by molar-refractivity contribution is -0.139. The van der Waals surface area contributed by atoms with Gasteiger partial charge < -0.3 is 20.8 Å². The fraction of sp³-hybridized carbons (Fsp3) is 0.400. The lowest BCUT2D eigenvalue weighted by atomic mass is 9.95. The van der Waals surface area contributed by atoms with Crippen molar-refractivity contribution >= 4 is 34.6 Å². The van der Waals surface area contributed by atoms with Crippen LogP contribution in [0.3, 0.4) is 0 Å². The van der Waals surface area contributed by atoms with Crippen LogP contribution in [0.4, 0.5) is 5.00 Å². The minimum Gasteiger partial charge on any atom is -0.513 e. The number of nitrogens with one attached hydrogen (secondary N) is 2. The second-order valence-corrected chi connectivity index (χ2v) is 6.42. The van der Waals surface area contributed by atoms with Gasteiger partial charge in [-0.1, -0.05) is 6.58 Å². The van der Waals surface area contributed by atoms with Gasteiger partial charge in [-0.15, -0.1) is 11.3 Å². The molecule has 1 aliphatic carbocycles. The number of aryl methyl sites for hydroxylation is 1. The van der Waals surface area contributed by atoms with Crippen molar-refractivity contribution in [2.75, 3.05) is 5.32 Å². The number of aliphatic hydroxyl groups is 1. The number of carbonyl (C=O) groups excluding carboxylic acids is 2. The summed E-state index contributed by atoms with van der Waals surface area (Å²) in [6.45, 7) is 3.25. The first-order valence-corrected chi connectivity index (χ1v) is 8.00. The molecule has 23 heavy (non-hydrogen) atoms. The van der Waals surface area contributed by atoms with Crippen molar-refractivity contribution in [2.45, 2.75) is 38.1 Å². The Morgan fingerprint density at radius 3 is 2.61 bits per heavy atom. The van der Waals surface area contributed by atoms with Crippen LogP contribution in [-0.2, 0) is 22.4 Å². The fourth-order valence-corrected chi connectivity index (χ4v) is 3.87. The van der Waals surface area contributed by atoms with Crippen molar-refractivity contribution < 1.29 is 24.6 Å². The molecule has 1 heterocycles. The van der Waals surface area contributed by atoms with E-state index in [1.54, 1.807) is 0 Å². The van der Waals surface area contributed by atoms with E-state index in [0.29, 0.717) is 17.0 Å². The van der Waals surface area contributed by atoms with Crippen LogP contribution in [0.5, 0.6) is 0 Å². The Morgan fingerprint density at radius 1 is 1.30 bits per heavy atom. The average Bonchev–Trinajstić information content (AvgIpc) is 2.84.